The number of nitrogen functional groups attached to an aromatic ring is 1. The summed E-state index contributed by atoms with van der Waals surface area (Å²) >= 11 is 3.50. The third-order valence-electron chi connectivity index (χ3n) is 2.28. The van der Waals surface area contributed by atoms with Crippen molar-refractivity contribution in [2.45, 2.75) is 13.3 Å². The summed E-state index contributed by atoms with van der Waals surface area (Å²) in [5.41, 5.74) is 7.56. The van der Waals surface area contributed by atoms with Gasteiger partial charge in [0.05, 0.1) is 5.69 Å². The molecule has 1 rings (SSSR count). The molecule has 0 saturated carbocycles. The molecule has 0 aliphatic rings. The van der Waals surface area contributed by atoms with E-state index in [1.807, 2.05) is 18.2 Å². The summed E-state index contributed by atoms with van der Waals surface area (Å²) in [6.07, 6.45) is 0.782. The van der Waals surface area contributed by atoms with Crippen molar-refractivity contribution in [2.24, 2.45) is 0 Å². The normalized spacial score (nSPS) is 10.3. The number of nitrogens with zero attached hydrogens (tertiary/aromatic N) is 1. The molecule has 0 amide bonds. The summed E-state index contributed by atoms with van der Waals surface area (Å²) < 4.78 is 1.00. The Morgan fingerprint density at radius 3 is 2.73 bits per heavy atom. The van der Waals surface area contributed by atoms with E-state index in [9.17, 15) is 0 Å². The fraction of sp³-hybridized carbons (Fsp3) is 0.455. The lowest BCUT2D eigenvalue weighted by Gasteiger charge is -2.24. The van der Waals surface area contributed by atoms with Crippen molar-refractivity contribution in [3.05, 3.63) is 22.7 Å². The lowest BCUT2D eigenvalue weighted by atomic mass is 10.2. The second-order valence-electron chi connectivity index (χ2n) is 3.37. The Hall–Kier alpha value is -0.740. The number of hydrogen-bond donors (Lipinski definition) is 2. The van der Waals surface area contributed by atoms with Crippen LogP contribution >= 0.6 is 15.9 Å². The van der Waals surface area contributed by atoms with Crippen LogP contribution in [0, 0.1) is 0 Å². The Balaban J connectivity index is 2.81. The first-order valence-corrected chi connectivity index (χ1v) is 5.89. The summed E-state index contributed by atoms with van der Waals surface area (Å²) in [6, 6.07) is 5.79. The van der Waals surface area contributed by atoms with Crippen LogP contribution in [0.25, 0.3) is 0 Å². The van der Waals surface area contributed by atoms with Crippen molar-refractivity contribution in [3.8, 4) is 0 Å². The van der Waals surface area contributed by atoms with Crippen molar-refractivity contribution in [3.63, 3.8) is 0 Å². The van der Waals surface area contributed by atoms with E-state index in [2.05, 4.69) is 27.8 Å². The molecule has 1 aromatic rings. The van der Waals surface area contributed by atoms with Crippen molar-refractivity contribution in [2.75, 3.05) is 30.3 Å². The second-order valence-corrected chi connectivity index (χ2v) is 4.22. The van der Waals surface area contributed by atoms with Gasteiger partial charge in [-0.05, 0) is 47.5 Å². The van der Waals surface area contributed by atoms with Gasteiger partial charge in [-0.25, -0.2) is 0 Å². The highest BCUT2D eigenvalue weighted by Crippen LogP contribution is 2.28. The van der Waals surface area contributed by atoms with Crippen LogP contribution in [0.3, 0.4) is 0 Å². The molecule has 0 unspecified atom stereocenters. The highest BCUT2D eigenvalue weighted by atomic mass is 79.9. The molecule has 0 spiro atoms. The Kier molecular flexibility index (Phi) is 4.91. The molecule has 1 aromatic carbocycles. The summed E-state index contributed by atoms with van der Waals surface area (Å²) in [4.78, 5) is 2.21. The van der Waals surface area contributed by atoms with Gasteiger partial charge in [0.25, 0.3) is 0 Å². The molecule has 0 fully saturated rings. The third kappa shape index (κ3) is 3.39. The fourth-order valence-electron chi connectivity index (χ4n) is 1.49. The zero-order valence-electron chi connectivity index (χ0n) is 8.91. The highest BCUT2D eigenvalue weighted by molar-refractivity contribution is 9.10. The van der Waals surface area contributed by atoms with E-state index < -0.39 is 0 Å². The summed E-state index contributed by atoms with van der Waals surface area (Å²) in [7, 11) is 0. The van der Waals surface area contributed by atoms with Crippen LogP contribution in [0.5, 0.6) is 0 Å². The van der Waals surface area contributed by atoms with Crippen molar-refractivity contribution in [1.29, 1.82) is 0 Å². The molecule has 3 N–H and O–H groups in total. The molecular weight excluding hydrogens is 256 g/mol. The van der Waals surface area contributed by atoms with Gasteiger partial charge in [-0.3, -0.25) is 0 Å². The molecule has 84 valence electrons. The van der Waals surface area contributed by atoms with E-state index >= 15 is 0 Å². The molecular formula is C11H17BrN2O. The van der Waals surface area contributed by atoms with E-state index in [1.165, 1.54) is 0 Å². The van der Waals surface area contributed by atoms with E-state index in [0.29, 0.717) is 0 Å². The Morgan fingerprint density at radius 2 is 2.20 bits per heavy atom. The third-order valence-corrected chi connectivity index (χ3v) is 2.92. The molecule has 0 saturated heterocycles. The van der Waals surface area contributed by atoms with Crippen LogP contribution in [0.15, 0.2) is 22.7 Å². The monoisotopic (exact) mass is 272 g/mol. The highest BCUT2D eigenvalue weighted by Gasteiger charge is 2.07. The largest absolute Gasteiger partial charge is 0.399 e. The molecule has 0 aliphatic heterocycles. The number of anilines is 2. The van der Waals surface area contributed by atoms with E-state index in [1.54, 1.807) is 0 Å². The number of aliphatic hydroxyl groups excluding tert-OH is 1. The van der Waals surface area contributed by atoms with Gasteiger partial charge in [0.1, 0.15) is 0 Å². The predicted molar refractivity (Wildman–Crippen MR) is 68.1 cm³/mol. The van der Waals surface area contributed by atoms with Crippen LogP contribution in [-0.2, 0) is 0 Å². The van der Waals surface area contributed by atoms with Crippen LogP contribution in [-0.4, -0.2) is 24.8 Å². The Labute approximate surface area is 99.0 Å². The zero-order valence-corrected chi connectivity index (χ0v) is 10.5. The Morgan fingerprint density at radius 1 is 1.47 bits per heavy atom. The molecule has 0 radical (unpaired) electrons. The van der Waals surface area contributed by atoms with Crippen molar-refractivity contribution in [1.82, 2.24) is 0 Å². The quantitative estimate of drug-likeness (QED) is 0.809. The minimum absolute atomic E-state index is 0.225. The van der Waals surface area contributed by atoms with Gasteiger partial charge >= 0.3 is 0 Å². The number of halogens is 1. The molecule has 0 heterocycles. The van der Waals surface area contributed by atoms with Crippen LogP contribution in [0.2, 0.25) is 0 Å². The first-order chi connectivity index (χ1) is 7.19. The van der Waals surface area contributed by atoms with Gasteiger partial charge in [-0.2, -0.15) is 0 Å². The minimum atomic E-state index is 0.225. The summed E-state index contributed by atoms with van der Waals surface area (Å²) in [5.74, 6) is 0. The minimum Gasteiger partial charge on any atom is -0.399 e. The molecule has 15 heavy (non-hydrogen) atoms. The zero-order chi connectivity index (χ0) is 11.3. The number of hydrogen-bond acceptors (Lipinski definition) is 3. The molecule has 0 bridgehead atoms. The average molecular weight is 273 g/mol. The summed E-state index contributed by atoms with van der Waals surface area (Å²) in [5, 5.41) is 8.81. The maximum absolute atomic E-state index is 8.81. The van der Waals surface area contributed by atoms with Crippen LogP contribution in [0.4, 0.5) is 11.4 Å². The average Bonchev–Trinajstić information content (AvgIpc) is 2.21. The topological polar surface area (TPSA) is 49.5 Å². The number of aliphatic hydroxyl groups is 1. The Bertz CT molecular complexity index is 317. The van der Waals surface area contributed by atoms with Gasteiger partial charge in [0.15, 0.2) is 0 Å². The van der Waals surface area contributed by atoms with E-state index in [0.717, 1.165) is 35.4 Å². The lowest BCUT2D eigenvalue weighted by molar-refractivity contribution is 0.289. The van der Waals surface area contributed by atoms with Crippen molar-refractivity contribution >= 4 is 27.3 Å². The molecule has 3 nitrogen and oxygen atoms in total. The first-order valence-electron chi connectivity index (χ1n) is 5.10. The van der Waals surface area contributed by atoms with Gasteiger partial charge in [0, 0.05) is 29.9 Å². The fourth-order valence-corrected chi connectivity index (χ4v) is 2.14. The van der Waals surface area contributed by atoms with Gasteiger partial charge in [0.2, 0.25) is 0 Å². The van der Waals surface area contributed by atoms with E-state index in [-0.39, 0.29) is 6.61 Å². The molecule has 0 aliphatic carbocycles. The summed E-state index contributed by atoms with van der Waals surface area (Å²) in [6.45, 7) is 4.10. The first kappa shape index (κ1) is 12.3. The second kappa shape index (κ2) is 5.98. The van der Waals surface area contributed by atoms with Gasteiger partial charge < -0.3 is 15.7 Å². The molecule has 0 aromatic heterocycles. The molecule has 4 heteroatoms. The SMILES string of the molecule is CCN(CCCO)c1ccc(N)cc1Br. The maximum Gasteiger partial charge on any atom is 0.0512 e. The lowest BCUT2D eigenvalue weighted by Crippen LogP contribution is -2.24. The van der Waals surface area contributed by atoms with E-state index in [4.69, 9.17) is 10.8 Å². The van der Waals surface area contributed by atoms with Gasteiger partial charge in [-0.15, -0.1) is 0 Å². The molecule has 0 atom stereocenters. The van der Waals surface area contributed by atoms with Crippen LogP contribution in [0.1, 0.15) is 13.3 Å². The predicted octanol–water partition coefficient (Wildman–Crippen LogP) is 2.24. The van der Waals surface area contributed by atoms with Crippen LogP contribution < -0.4 is 10.6 Å². The van der Waals surface area contributed by atoms with Crippen molar-refractivity contribution < 1.29 is 5.11 Å². The number of rotatable bonds is 5. The maximum atomic E-state index is 8.81. The smallest absolute Gasteiger partial charge is 0.0512 e. The standard InChI is InChI=1S/C11H17BrN2O/c1-2-14(6-3-7-15)11-5-4-9(13)8-10(11)12/h4-5,8,15H,2-3,6-7,13H2,1H3. The number of benzene rings is 1. The number of nitrogens with two attached hydrogens (primary N) is 1. The van der Waals surface area contributed by atoms with Gasteiger partial charge in [-0.1, -0.05) is 0 Å².